The third-order valence-electron chi connectivity index (χ3n) is 3.33. The van der Waals surface area contributed by atoms with Gasteiger partial charge in [-0.2, -0.15) is 0 Å². The van der Waals surface area contributed by atoms with Crippen molar-refractivity contribution in [3.63, 3.8) is 0 Å². The van der Waals surface area contributed by atoms with E-state index in [4.69, 9.17) is 9.47 Å². The second kappa shape index (κ2) is 5.53. The van der Waals surface area contributed by atoms with Crippen molar-refractivity contribution in [2.24, 2.45) is 0 Å². The molecule has 0 N–H and O–H groups in total. The molecule has 0 aliphatic carbocycles. The number of thioether (sulfide) groups is 1. The molecule has 2 aliphatic heterocycles. The maximum absolute atomic E-state index is 5.93. The fourth-order valence-electron chi connectivity index (χ4n) is 2.14. The van der Waals surface area contributed by atoms with E-state index in [-0.39, 0.29) is 0 Å². The number of nitrogens with zero attached hydrogens (tertiary/aromatic N) is 1. The molecule has 0 aromatic rings. The standard InChI is InChI=1S/C11H21NO2S/c1-9(15-2)14-11-3-5-12(6-4-11)10-7-13-8-10/h9-11H,3-8H2,1-2H3. The van der Waals surface area contributed by atoms with Gasteiger partial charge >= 0.3 is 0 Å². The Hall–Kier alpha value is 0.230. The first-order valence-electron chi connectivity index (χ1n) is 5.79. The lowest BCUT2D eigenvalue weighted by Crippen LogP contribution is -2.52. The highest BCUT2D eigenvalue weighted by molar-refractivity contribution is 7.99. The molecule has 1 atom stereocenters. The van der Waals surface area contributed by atoms with E-state index < -0.39 is 0 Å². The van der Waals surface area contributed by atoms with Crippen molar-refractivity contribution in [1.82, 2.24) is 4.90 Å². The molecular weight excluding hydrogens is 210 g/mol. The smallest absolute Gasteiger partial charge is 0.100 e. The van der Waals surface area contributed by atoms with Gasteiger partial charge in [-0.25, -0.2) is 0 Å². The first-order valence-corrected chi connectivity index (χ1v) is 7.08. The van der Waals surface area contributed by atoms with Gasteiger partial charge in [0.25, 0.3) is 0 Å². The summed E-state index contributed by atoms with van der Waals surface area (Å²) in [7, 11) is 0. The van der Waals surface area contributed by atoms with Crippen LogP contribution < -0.4 is 0 Å². The zero-order valence-corrected chi connectivity index (χ0v) is 10.5. The average molecular weight is 231 g/mol. The summed E-state index contributed by atoms with van der Waals surface area (Å²) >= 11 is 1.79. The first-order chi connectivity index (χ1) is 7.29. The van der Waals surface area contributed by atoms with Crippen molar-refractivity contribution in [3.05, 3.63) is 0 Å². The van der Waals surface area contributed by atoms with Gasteiger partial charge in [0, 0.05) is 13.1 Å². The molecule has 1 unspecified atom stereocenters. The Bertz CT molecular complexity index is 191. The van der Waals surface area contributed by atoms with Crippen LogP contribution in [0.5, 0.6) is 0 Å². The zero-order chi connectivity index (χ0) is 10.7. The normalized spacial score (nSPS) is 27.6. The first kappa shape index (κ1) is 11.7. The van der Waals surface area contributed by atoms with Crippen molar-refractivity contribution in [3.8, 4) is 0 Å². The lowest BCUT2D eigenvalue weighted by molar-refractivity contribution is -0.0877. The van der Waals surface area contributed by atoms with E-state index in [1.165, 1.54) is 25.9 Å². The largest absolute Gasteiger partial charge is 0.378 e. The van der Waals surface area contributed by atoms with E-state index in [0.717, 1.165) is 13.2 Å². The second-order valence-electron chi connectivity index (χ2n) is 4.37. The lowest BCUT2D eigenvalue weighted by Gasteiger charge is -2.41. The van der Waals surface area contributed by atoms with Gasteiger partial charge in [-0.15, -0.1) is 11.8 Å². The maximum atomic E-state index is 5.93. The van der Waals surface area contributed by atoms with E-state index in [9.17, 15) is 0 Å². The van der Waals surface area contributed by atoms with E-state index in [2.05, 4.69) is 18.1 Å². The number of ether oxygens (including phenoxy) is 2. The predicted octanol–water partition coefficient (Wildman–Crippen LogP) is 1.58. The molecule has 2 saturated heterocycles. The summed E-state index contributed by atoms with van der Waals surface area (Å²) in [6.07, 6.45) is 4.94. The predicted molar refractivity (Wildman–Crippen MR) is 63.3 cm³/mol. The van der Waals surface area contributed by atoms with Crippen molar-refractivity contribution < 1.29 is 9.47 Å². The topological polar surface area (TPSA) is 21.7 Å². The van der Waals surface area contributed by atoms with E-state index in [1.54, 1.807) is 11.8 Å². The number of hydrogen-bond donors (Lipinski definition) is 0. The Morgan fingerprint density at radius 2 is 2.00 bits per heavy atom. The van der Waals surface area contributed by atoms with Gasteiger partial charge in [0.15, 0.2) is 0 Å². The van der Waals surface area contributed by atoms with Crippen molar-refractivity contribution in [2.45, 2.75) is 37.3 Å². The molecule has 0 bridgehead atoms. The van der Waals surface area contributed by atoms with Crippen LogP contribution in [0, 0.1) is 0 Å². The van der Waals surface area contributed by atoms with Crippen LogP contribution in [0.4, 0.5) is 0 Å². The summed E-state index contributed by atoms with van der Waals surface area (Å²) in [5, 5.41) is 0. The molecule has 88 valence electrons. The number of likely N-dealkylation sites (tertiary alicyclic amines) is 1. The van der Waals surface area contributed by atoms with Gasteiger partial charge in [0.05, 0.1) is 25.4 Å². The fraction of sp³-hybridized carbons (Fsp3) is 1.00. The molecule has 3 nitrogen and oxygen atoms in total. The van der Waals surface area contributed by atoms with Crippen LogP contribution in [0.2, 0.25) is 0 Å². The van der Waals surface area contributed by atoms with Crippen LogP contribution in [0.25, 0.3) is 0 Å². The molecule has 15 heavy (non-hydrogen) atoms. The summed E-state index contributed by atoms with van der Waals surface area (Å²) in [5.41, 5.74) is 0.341. The number of piperidine rings is 1. The van der Waals surface area contributed by atoms with Crippen molar-refractivity contribution in [1.29, 1.82) is 0 Å². The summed E-state index contributed by atoms with van der Waals surface area (Å²) < 4.78 is 11.1. The molecule has 2 rings (SSSR count). The van der Waals surface area contributed by atoms with Crippen LogP contribution >= 0.6 is 11.8 Å². The quantitative estimate of drug-likeness (QED) is 0.685. The summed E-state index contributed by atoms with van der Waals surface area (Å²) in [6.45, 7) is 6.37. The summed E-state index contributed by atoms with van der Waals surface area (Å²) in [5.74, 6) is 0. The van der Waals surface area contributed by atoms with E-state index >= 15 is 0 Å². The summed E-state index contributed by atoms with van der Waals surface area (Å²) in [6, 6.07) is 0.698. The van der Waals surface area contributed by atoms with Crippen molar-refractivity contribution in [2.75, 3.05) is 32.6 Å². The van der Waals surface area contributed by atoms with E-state index in [0.29, 0.717) is 17.6 Å². The Morgan fingerprint density at radius 3 is 2.47 bits per heavy atom. The lowest BCUT2D eigenvalue weighted by atomic mass is 10.0. The van der Waals surface area contributed by atoms with Gasteiger partial charge in [-0.1, -0.05) is 0 Å². The Morgan fingerprint density at radius 1 is 1.33 bits per heavy atom. The Kier molecular flexibility index (Phi) is 4.31. The number of rotatable bonds is 4. The molecule has 0 amide bonds. The van der Waals surface area contributed by atoms with Gasteiger partial charge < -0.3 is 9.47 Å². The molecule has 0 radical (unpaired) electrons. The third kappa shape index (κ3) is 3.09. The van der Waals surface area contributed by atoms with Gasteiger partial charge in [-0.3, -0.25) is 4.90 Å². The Labute approximate surface area is 96.5 Å². The van der Waals surface area contributed by atoms with Crippen LogP contribution in [0.1, 0.15) is 19.8 Å². The highest BCUT2D eigenvalue weighted by atomic mass is 32.2. The van der Waals surface area contributed by atoms with Crippen LogP contribution in [0.15, 0.2) is 0 Å². The van der Waals surface area contributed by atoms with Gasteiger partial charge in [0.1, 0.15) is 5.44 Å². The van der Waals surface area contributed by atoms with E-state index in [1.807, 2.05) is 0 Å². The van der Waals surface area contributed by atoms with Crippen molar-refractivity contribution >= 4 is 11.8 Å². The fourth-order valence-corrected chi connectivity index (χ4v) is 2.41. The summed E-state index contributed by atoms with van der Waals surface area (Å²) in [4.78, 5) is 2.55. The van der Waals surface area contributed by atoms with Gasteiger partial charge in [-0.05, 0) is 26.0 Å². The average Bonchev–Trinajstić information content (AvgIpc) is 2.18. The van der Waals surface area contributed by atoms with Crippen LogP contribution in [-0.4, -0.2) is 55.0 Å². The molecule has 2 fully saturated rings. The second-order valence-corrected chi connectivity index (χ2v) is 5.50. The third-order valence-corrected chi connectivity index (χ3v) is 4.10. The van der Waals surface area contributed by atoms with Crippen LogP contribution in [-0.2, 0) is 9.47 Å². The number of hydrogen-bond acceptors (Lipinski definition) is 4. The molecule has 0 aromatic heterocycles. The maximum Gasteiger partial charge on any atom is 0.100 e. The SMILES string of the molecule is CSC(C)OC1CCN(C2COC2)CC1. The highest BCUT2D eigenvalue weighted by Crippen LogP contribution is 2.22. The molecule has 0 aromatic carbocycles. The molecular formula is C11H21NO2S. The molecule has 4 heteroatoms. The van der Waals surface area contributed by atoms with Gasteiger partial charge in [0.2, 0.25) is 0 Å². The Balaban J connectivity index is 1.67. The molecule has 2 aliphatic rings. The zero-order valence-electron chi connectivity index (χ0n) is 9.65. The minimum absolute atomic E-state index is 0.341. The van der Waals surface area contributed by atoms with Crippen LogP contribution in [0.3, 0.4) is 0 Å². The highest BCUT2D eigenvalue weighted by Gasteiger charge is 2.30. The monoisotopic (exact) mass is 231 g/mol. The minimum atomic E-state index is 0.341. The molecule has 0 saturated carbocycles. The molecule has 0 spiro atoms. The molecule has 2 heterocycles. The minimum Gasteiger partial charge on any atom is -0.378 e.